The van der Waals surface area contributed by atoms with Crippen molar-refractivity contribution in [1.82, 2.24) is 14.9 Å². The zero-order chi connectivity index (χ0) is 16.7. The molecule has 4 rings (SSSR count). The number of aromatic nitrogens is 3. The van der Waals surface area contributed by atoms with Gasteiger partial charge in [-0.1, -0.05) is 5.16 Å². The van der Waals surface area contributed by atoms with Crippen molar-refractivity contribution in [2.24, 2.45) is 7.05 Å². The van der Waals surface area contributed by atoms with Crippen LogP contribution in [0.2, 0.25) is 0 Å². The van der Waals surface area contributed by atoms with E-state index in [9.17, 15) is 4.79 Å². The van der Waals surface area contributed by atoms with Gasteiger partial charge in [0, 0.05) is 18.5 Å². The van der Waals surface area contributed by atoms with Crippen LogP contribution in [0.15, 0.2) is 39.5 Å². The van der Waals surface area contributed by atoms with Gasteiger partial charge in [0.2, 0.25) is 5.76 Å². The molecule has 0 spiro atoms. The Bertz CT molecular complexity index is 975. The van der Waals surface area contributed by atoms with E-state index in [1.54, 1.807) is 29.1 Å². The lowest BCUT2D eigenvalue weighted by atomic mass is 10.3. The number of thiophene rings is 1. The maximum absolute atomic E-state index is 12.2. The van der Waals surface area contributed by atoms with Gasteiger partial charge in [-0.05, 0) is 25.1 Å². The molecule has 0 atom stereocenters. The van der Waals surface area contributed by atoms with Crippen LogP contribution in [0.1, 0.15) is 21.1 Å². The molecule has 4 aromatic heterocycles. The summed E-state index contributed by atoms with van der Waals surface area (Å²) < 4.78 is 17.5. The standard InChI is InChI=1S/C16H13N3O4S/c1-9-11-7-14(24-15(11)19(2)17-9)16(20)22-8-10-6-13(23-18-10)12-4-3-5-21-12/h3-7H,8H2,1-2H3. The van der Waals surface area contributed by atoms with Gasteiger partial charge in [-0.3, -0.25) is 4.68 Å². The topological polar surface area (TPSA) is 83.3 Å². The van der Waals surface area contributed by atoms with Crippen LogP contribution in [-0.2, 0) is 18.4 Å². The Morgan fingerprint density at radius 1 is 1.38 bits per heavy atom. The third-order valence-corrected chi connectivity index (χ3v) is 4.75. The Kier molecular flexibility index (Phi) is 3.46. The van der Waals surface area contributed by atoms with Crippen LogP contribution in [0.25, 0.3) is 21.7 Å². The highest BCUT2D eigenvalue weighted by Crippen LogP contribution is 2.28. The van der Waals surface area contributed by atoms with Crippen molar-refractivity contribution in [1.29, 1.82) is 0 Å². The van der Waals surface area contributed by atoms with Gasteiger partial charge in [-0.25, -0.2) is 4.79 Å². The lowest BCUT2D eigenvalue weighted by Crippen LogP contribution is -2.03. The first kappa shape index (κ1) is 14.7. The molecule has 7 nitrogen and oxygen atoms in total. The summed E-state index contributed by atoms with van der Waals surface area (Å²) in [6.07, 6.45) is 1.55. The molecular formula is C16H13N3O4S. The van der Waals surface area contributed by atoms with Crippen molar-refractivity contribution < 1.29 is 18.5 Å². The van der Waals surface area contributed by atoms with Crippen molar-refractivity contribution in [2.45, 2.75) is 13.5 Å². The van der Waals surface area contributed by atoms with Crippen LogP contribution in [0.3, 0.4) is 0 Å². The number of furan rings is 1. The largest absolute Gasteiger partial charge is 0.461 e. The van der Waals surface area contributed by atoms with Gasteiger partial charge in [0.05, 0.1) is 12.0 Å². The second-order valence-corrected chi connectivity index (χ2v) is 6.31. The number of aryl methyl sites for hydroxylation is 2. The van der Waals surface area contributed by atoms with Crippen molar-refractivity contribution in [3.05, 3.63) is 46.8 Å². The summed E-state index contributed by atoms with van der Waals surface area (Å²) in [5, 5.41) is 9.16. The van der Waals surface area contributed by atoms with Crippen molar-refractivity contribution in [3.8, 4) is 11.5 Å². The van der Waals surface area contributed by atoms with Crippen molar-refractivity contribution in [3.63, 3.8) is 0 Å². The molecule has 0 aliphatic rings. The maximum atomic E-state index is 12.2. The van der Waals surface area contributed by atoms with E-state index in [4.69, 9.17) is 13.7 Å². The second-order valence-electron chi connectivity index (χ2n) is 5.27. The van der Waals surface area contributed by atoms with Crippen LogP contribution in [0, 0.1) is 6.92 Å². The lowest BCUT2D eigenvalue weighted by Gasteiger charge is -1.99. The number of rotatable bonds is 4. The van der Waals surface area contributed by atoms with E-state index >= 15 is 0 Å². The molecule has 0 N–H and O–H groups in total. The predicted molar refractivity (Wildman–Crippen MR) is 86.7 cm³/mol. The normalized spacial score (nSPS) is 11.2. The highest BCUT2D eigenvalue weighted by atomic mass is 32.1. The summed E-state index contributed by atoms with van der Waals surface area (Å²) in [5.41, 5.74) is 1.41. The van der Waals surface area contributed by atoms with Crippen LogP contribution in [0.4, 0.5) is 0 Å². The van der Waals surface area contributed by atoms with Crippen molar-refractivity contribution >= 4 is 27.5 Å². The monoisotopic (exact) mass is 343 g/mol. The van der Waals surface area contributed by atoms with Gasteiger partial charge in [-0.15, -0.1) is 11.3 Å². The molecule has 0 fully saturated rings. The molecule has 0 amide bonds. The lowest BCUT2D eigenvalue weighted by molar-refractivity contribution is 0.0470. The van der Waals surface area contributed by atoms with Crippen LogP contribution in [-0.4, -0.2) is 20.9 Å². The summed E-state index contributed by atoms with van der Waals surface area (Å²) >= 11 is 1.36. The molecule has 24 heavy (non-hydrogen) atoms. The SMILES string of the molecule is Cc1nn(C)c2sc(C(=O)OCc3cc(-c4ccco4)on3)cc12. The van der Waals surface area contributed by atoms with Gasteiger partial charge in [0.15, 0.2) is 5.76 Å². The summed E-state index contributed by atoms with van der Waals surface area (Å²) in [6, 6.07) is 7.02. The summed E-state index contributed by atoms with van der Waals surface area (Å²) in [7, 11) is 1.85. The van der Waals surface area contributed by atoms with Gasteiger partial charge in [0.1, 0.15) is 22.0 Å². The molecule has 8 heteroatoms. The first-order valence-electron chi connectivity index (χ1n) is 7.21. The van der Waals surface area contributed by atoms with E-state index in [-0.39, 0.29) is 6.61 Å². The molecule has 0 aliphatic carbocycles. The van der Waals surface area contributed by atoms with Gasteiger partial charge < -0.3 is 13.7 Å². The summed E-state index contributed by atoms with van der Waals surface area (Å²) in [6.45, 7) is 1.95. The fourth-order valence-corrected chi connectivity index (χ4v) is 3.45. The maximum Gasteiger partial charge on any atom is 0.348 e. The average Bonchev–Trinajstić information content (AvgIpc) is 3.33. The Morgan fingerprint density at radius 2 is 2.25 bits per heavy atom. The first-order valence-corrected chi connectivity index (χ1v) is 8.03. The Balaban J connectivity index is 1.47. The number of hydrogen-bond donors (Lipinski definition) is 0. The van der Waals surface area contributed by atoms with Gasteiger partial charge in [-0.2, -0.15) is 5.10 Å². The molecule has 122 valence electrons. The van der Waals surface area contributed by atoms with E-state index < -0.39 is 5.97 Å². The number of fused-ring (bicyclic) bond motifs is 1. The minimum absolute atomic E-state index is 0.0362. The van der Waals surface area contributed by atoms with Crippen LogP contribution in [0.5, 0.6) is 0 Å². The number of carbonyl (C=O) groups is 1. The molecule has 4 heterocycles. The minimum Gasteiger partial charge on any atom is -0.461 e. The molecule has 0 radical (unpaired) electrons. The van der Waals surface area contributed by atoms with Crippen molar-refractivity contribution in [2.75, 3.05) is 0 Å². The Hall–Kier alpha value is -2.87. The van der Waals surface area contributed by atoms with Gasteiger partial charge in [0.25, 0.3) is 0 Å². The molecule has 0 aromatic carbocycles. The summed E-state index contributed by atoms with van der Waals surface area (Å²) in [5.74, 6) is 0.681. The third kappa shape index (κ3) is 2.50. The molecule has 0 bridgehead atoms. The highest BCUT2D eigenvalue weighted by molar-refractivity contribution is 7.20. The number of ether oxygens (including phenoxy) is 1. The molecular weight excluding hydrogens is 330 g/mol. The quantitative estimate of drug-likeness (QED) is 0.527. The van der Waals surface area contributed by atoms with Crippen LogP contribution >= 0.6 is 11.3 Å². The fourth-order valence-electron chi connectivity index (χ4n) is 2.43. The van der Waals surface area contributed by atoms with Crippen LogP contribution < -0.4 is 0 Å². The first-order chi connectivity index (χ1) is 11.6. The average molecular weight is 343 g/mol. The van der Waals surface area contributed by atoms with E-state index in [2.05, 4.69) is 10.3 Å². The Morgan fingerprint density at radius 3 is 3.00 bits per heavy atom. The highest BCUT2D eigenvalue weighted by Gasteiger charge is 2.17. The zero-order valence-electron chi connectivity index (χ0n) is 13.0. The number of nitrogens with zero attached hydrogens (tertiary/aromatic N) is 3. The fraction of sp³-hybridized carbons (Fsp3) is 0.188. The molecule has 0 unspecified atom stereocenters. The van der Waals surface area contributed by atoms with E-state index in [0.29, 0.717) is 22.1 Å². The van der Waals surface area contributed by atoms with E-state index in [0.717, 1.165) is 15.9 Å². The summed E-state index contributed by atoms with van der Waals surface area (Å²) in [4.78, 5) is 13.7. The Labute approximate surface area is 140 Å². The third-order valence-electron chi connectivity index (χ3n) is 3.57. The zero-order valence-corrected chi connectivity index (χ0v) is 13.8. The molecule has 0 aliphatic heterocycles. The number of esters is 1. The minimum atomic E-state index is -0.391. The molecule has 0 saturated carbocycles. The number of hydrogen-bond acceptors (Lipinski definition) is 7. The van der Waals surface area contributed by atoms with E-state index in [1.807, 2.05) is 20.0 Å². The second kappa shape index (κ2) is 5.64. The smallest absolute Gasteiger partial charge is 0.348 e. The molecule has 0 saturated heterocycles. The predicted octanol–water partition coefficient (Wildman–Crippen LogP) is 3.55. The van der Waals surface area contributed by atoms with Gasteiger partial charge >= 0.3 is 5.97 Å². The molecule has 4 aromatic rings. The van der Waals surface area contributed by atoms with E-state index in [1.165, 1.54) is 11.3 Å². The number of carbonyl (C=O) groups excluding carboxylic acids is 1.